The van der Waals surface area contributed by atoms with Crippen molar-refractivity contribution in [2.24, 2.45) is 0 Å². The summed E-state index contributed by atoms with van der Waals surface area (Å²) in [4.78, 5) is 24.9. The number of amides is 1. The Kier molecular flexibility index (Phi) is 6.75. The molecule has 154 valence electrons. The summed E-state index contributed by atoms with van der Waals surface area (Å²) in [6, 6.07) is 13.3. The third-order valence-electron chi connectivity index (χ3n) is 5.16. The van der Waals surface area contributed by atoms with Crippen molar-refractivity contribution < 1.29 is 23.8 Å². The Morgan fingerprint density at radius 2 is 1.86 bits per heavy atom. The molecule has 0 saturated carbocycles. The second-order valence-electron chi connectivity index (χ2n) is 7.15. The second-order valence-corrected chi connectivity index (χ2v) is 7.15. The highest BCUT2D eigenvalue weighted by atomic mass is 16.5. The number of ether oxygens (including phenoxy) is 3. The molecular weight excluding hydrogens is 370 g/mol. The normalized spacial score (nSPS) is 16.3. The number of aryl methyl sites for hydroxylation is 1. The predicted octanol–water partition coefficient (Wildman–Crippen LogP) is 3.37. The fraction of sp³-hybridized carbons (Fsp3) is 0.391. The van der Waals surface area contributed by atoms with Crippen LogP contribution >= 0.6 is 0 Å². The Morgan fingerprint density at radius 3 is 2.62 bits per heavy atom. The van der Waals surface area contributed by atoms with Gasteiger partial charge in [0.05, 0.1) is 26.7 Å². The maximum atomic E-state index is 12.6. The van der Waals surface area contributed by atoms with E-state index in [2.05, 4.69) is 11.4 Å². The molecule has 0 fully saturated rings. The average molecular weight is 397 g/mol. The largest absolute Gasteiger partial charge is 0.493 e. The van der Waals surface area contributed by atoms with E-state index in [1.54, 1.807) is 32.2 Å². The van der Waals surface area contributed by atoms with Gasteiger partial charge in [0.15, 0.2) is 17.6 Å². The zero-order chi connectivity index (χ0) is 20.8. The van der Waals surface area contributed by atoms with Gasteiger partial charge < -0.3 is 19.5 Å². The Morgan fingerprint density at radius 1 is 1.10 bits per heavy atom. The molecule has 2 aromatic carbocycles. The number of benzene rings is 2. The maximum Gasteiger partial charge on any atom is 0.311 e. The van der Waals surface area contributed by atoms with Crippen LogP contribution in [0.1, 0.15) is 42.5 Å². The third kappa shape index (κ3) is 5.08. The van der Waals surface area contributed by atoms with Crippen molar-refractivity contribution >= 4 is 11.9 Å². The first-order valence-corrected chi connectivity index (χ1v) is 9.80. The topological polar surface area (TPSA) is 73.9 Å². The van der Waals surface area contributed by atoms with Gasteiger partial charge in [0.2, 0.25) is 0 Å². The average Bonchev–Trinajstić information content (AvgIpc) is 2.73. The molecule has 0 heterocycles. The molecular formula is C23H27NO5. The van der Waals surface area contributed by atoms with Crippen LogP contribution in [0.5, 0.6) is 11.5 Å². The standard InChI is InChI=1S/C23H27NO5/c1-15(23(26)24-19-10-6-8-17-7-4-5-9-18(17)19)29-22(25)14-16-11-12-20(27-2)21(13-16)28-3/h4-5,7,9,11-13,15,19H,6,8,10,14H2,1-3H3,(H,24,26)/t15-,19-/m1/s1. The summed E-state index contributed by atoms with van der Waals surface area (Å²) in [5.41, 5.74) is 3.14. The van der Waals surface area contributed by atoms with Crippen molar-refractivity contribution in [1.29, 1.82) is 0 Å². The van der Waals surface area contributed by atoms with Gasteiger partial charge in [0.25, 0.3) is 5.91 Å². The minimum atomic E-state index is -0.864. The maximum absolute atomic E-state index is 12.6. The Balaban J connectivity index is 1.57. The number of hydrogen-bond acceptors (Lipinski definition) is 5. The van der Waals surface area contributed by atoms with Gasteiger partial charge in [0.1, 0.15) is 0 Å². The second kappa shape index (κ2) is 9.45. The SMILES string of the molecule is COc1ccc(CC(=O)O[C@H](C)C(=O)N[C@@H]2CCCc3ccccc32)cc1OC. The van der Waals surface area contributed by atoms with Crippen molar-refractivity contribution in [2.45, 2.75) is 44.8 Å². The van der Waals surface area contributed by atoms with E-state index in [-0.39, 0.29) is 18.4 Å². The number of hydrogen-bond donors (Lipinski definition) is 1. The van der Waals surface area contributed by atoms with Crippen LogP contribution in [0.3, 0.4) is 0 Å². The van der Waals surface area contributed by atoms with E-state index in [4.69, 9.17) is 14.2 Å². The van der Waals surface area contributed by atoms with Gasteiger partial charge >= 0.3 is 5.97 Å². The van der Waals surface area contributed by atoms with E-state index in [9.17, 15) is 9.59 Å². The van der Waals surface area contributed by atoms with Gasteiger partial charge in [-0.05, 0) is 55.0 Å². The summed E-state index contributed by atoms with van der Waals surface area (Å²) in [5.74, 6) is 0.376. The zero-order valence-electron chi connectivity index (χ0n) is 17.1. The molecule has 0 unspecified atom stereocenters. The summed E-state index contributed by atoms with van der Waals surface area (Å²) in [7, 11) is 3.09. The van der Waals surface area contributed by atoms with Gasteiger partial charge in [-0.3, -0.25) is 9.59 Å². The van der Waals surface area contributed by atoms with E-state index in [1.165, 1.54) is 12.7 Å². The highest BCUT2D eigenvalue weighted by molar-refractivity contribution is 5.84. The number of methoxy groups -OCH3 is 2. The molecule has 1 aliphatic carbocycles. The zero-order valence-corrected chi connectivity index (χ0v) is 17.1. The van der Waals surface area contributed by atoms with E-state index in [0.717, 1.165) is 30.4 Å². The molecule has 2 atom stereocenters. The van der Waals surface area contributed by atoms with Crippen LogP contribution in [-0.2, 0) is 27.2 Å². The molecule has 1 aliphatic rings. The molecule has 2 aromatic rings. The molecule has 0 saturated heterocycles. The van der Waals surface area contributed by atoms with Gasteiger partial charge in [-0.1, -0.05) is 30.3 Å². The molecule has 0 spiro atoms. The van der Waals surface area contributed by atoms with Gasteiger partial charge in [-0.25, -0.2) is 0 Å². The fourth-order valence-electron chi connectivity index (χ4n) is 3.64. The van der Waals surface area contributed by atoms with Crippen LogP contribution in [0.15, 0.2) is 42.5 Å². The summed E-state index contributed by atoms with van der Waals surface area (Å²) in [6.45, 7) is 1.59. The van der Waals surface area contributed by atoms with E-state index in [0.29, 0.717) is 11.5 Å². The summed E-state index contributed by atoms with van der Waals surface area (Å²) in [5, 5.41) is 3.02. The van der Waals surface area contributed by atoms with Crippen molar-refractivity contribution in [3.63, 3.8) is 0 Å². The van der Waals surface area contributed by atoms with Crippen molar-refractivity contribution in [3.05, 3.63) is 59.2 Å². The number of fused-ring (bicyclic) bond motifs is 1. The highest BCUT2D eigenvalue weighted by Gasteiger charge is 2.25. The number of carbonyl (C=O) groups excluding carboxylic acids is 2. The van der Waals surface area contributed by atoms with E-state index < -0.39 is 12.1 Å². The first kappa shape index (κ1) is 20.7. The molecule has 0 aliphatic heterocycles. The van der Waals surface area contributed by atoms with Crippen molar-refractivity contribution in [1.82, 2.24) is 5.32 Å². The fourth-order valence-corrected chi connectivity index (χ4v) is 3.64. The summed E-state index contributed by atoms with van der Waals surface area (Å²) >= 11 is 0. The van der Waals surface area contributed by atoms with Crippen LogP contribution < -0.4 is 14.8 Å². The lowest BCUT2D eigenvalue weighted by molar-refractivity contribution is -0.154. The van der Waals surface area contributed by atoms with Crippen molar-refractivity contribution in [2.75, 3.05) is 14.2 Å². The number of nitrogens with one attached hydrogen (secondary N) is 1. The van der Waals surface area contributed by atoms with Gasteiger partial charge in [-0.2, -0.15) is 0 Å². The Bertz CT molecular complexity index is 879. The van der Waals surface area contributed by atoms with Crippen LogP contribution in [0.4, 0.5) is 0 Å². The molecule has 29 heavy (non-hydrogen) atoms. The molecule has 1 amide bonds. The lowest BCUT2D eigenvalue weighted by Gasteiger charge is -2.27. The Labute approximate surface area is 171 Å². The predicted molar refractivity (Wildman–Crippen MR) is 109 cm³/mol. The molecule has 0 bridgehead atoms. The van der Waals surface area contributed by atoms with E-state index in [1.807, 2.05) is 18.2 Å². The van der Waals surface area contributed by atoms with Crippen molar-refractivity contribution in [3.8, 4) is 11.5 Å². The van der Waals surface area contributed by atoms with Gasteiger partial charge in [-0.15, -0.1) is 0 Å². The molecule has 3 rings (SSSR count). The summed E-state index contributed by atoms with van der Waals surface area (Å²) in [6.07, 6.45) is 2.12. The molecule has 6 nitrogen and oxygen atoms in total. The van der Waals surface area contributed by atoms with Crippen LogP contribution in [0.2, 0.25) is 0 Å². The van der Waals surface area contributed by atoms with Crippen LogP contribution in [0, 0.1) is 0 Å². The molecule has 1 N–H and O–H groups in total. The van der Waals surface area contributed by atoms with Gasteiger partial charge in [0, 0.05) is 0 Å². The van der Waals surface area contributed by atoms with E-state index >= 15 is 0 Å². The smallest absolute Gasteiger partial charge is 0.311 e. The monoisotopic (exact) mass is 397 g/mol. The minimum Gasteiger partial charge on any atom is -0.493 e. The summed E-state index contributed by atoms with van der Waals surface area (Å²) < 4.78 is 15.8. The number of esters is 1. The number of rotatable bonds is 7. The third-order valence-corrected chi connectivity index (χ3v) is 5.16. The molecule has 0 radical (unpaired) electrons. The lowest BCUT2D eigenvalue weighted by atomic mass is 9.87. The first-order chi connectivity index (χ1) is 14.0. The Hall–Kier alpha value is -3.02. The number of carbonyl (C=O) groups is 2. The minimum absolute atomic E-state index is 0.0422. The quantitative estimate of drug-likeness (QED) is 0.725. The lowest BCUT2D eigenvalue weighted by Crippen LogP contribution is -2.39. The highest BCUT2D eigenvalue weighted by Crippen LogP contribution is 2.30. The van der Waals surface area contributed by atoms with Crippen LogP contribution in [-0.4, -0.2) is 32.2 Å². The van der Waals surface area contributed by atoms with Crippen LogP contribution in [0.25, 0.3) is 0 Å². The molecule has 0 aromatic heterocycles. The molecule has 6 heteroatoms. The first-order valence-electron chi connectivity index (χ1n) is 9.80.